The molecule has 1 aliphatic rings. The minimum Gasteiger partial charge on any atom is -0.358 e. The van der Waals surface area contributed by atoms with Crippen molar-refractivity contribution >= 4 is 15.9 Å². The Bertz CT molecular complexity index is 567. The fraction of sp³-hybridized carbons (Fsp3) is 0.417. The maximum atomic E-state index is 12.0. The van der Waals surface area contributed by atoms with Crippen LogP contribution < -0.4 is 10.0 Å². The summed E-state index contributed by atoms with van der Waals surface area (Å²) in [6, 6.07) is 5.15. The first-order chi connectivity index (χ1) is 8.53. The third kappa shape index (κ3) is 2.70. The Balaban J connectivity index is 2.17. The zero-order valence-corrected chi connectivity index (χ0v) is 11.0. The number of carbonyl (C=O) groups is 1. The number of aryl methyl sites for hydroxylation is 2. The minimum atomic E-state index is -3.60. The van der Waals surface area contributed by atoms with Gasteiger partial charge in [-0.25, -0.2) is 13.1 Å². The van der Waals surface area contributed by atoms with E-state index in [1.54, 1.807) is 12.1 Å². The van der Waals surface area contributed by atoms with Crippen LogP contribution in [-0.2, 0) is 27.7 Å². The van der Waals surface area contributed by atoms with E-state index < -0.39 is 10.0 Å². The first-order valence-corrected chi connectivity index (χ1v) is 7.33. The Hall–Kier alpha value is -1.40. The molecule has 0 unspecified atom stereocenters. The van der Waals surface area contributed by atoms with Crippen molar-refractivity contribution in [2.24, 2.45) is 0 Å². The minimum absolute atomic E-state index is 0.229. The Morgan fingerprint density at radius 2 is 2.00 bits per heavy atom. The van der Waals surface area contributed by atoms with E-state index in [2.05, 4.69) is 10.0 Å². The van der Waals surface area contributed by atoms with Gasteiger partial charge in [0.2, 0.25) is 15.9 Å². The van der Waals surface area contributed by atoms with Crippen LogP contribution in [-0.4, -0.2) is 27.9 Å². The lowest BCUT2D eigenvalue weighted by molar-refractivity contribution is -0.119. The zero-order chi connectivity index (χ0) is 13.2. The van der Waals surface area contributed by atoms with Crippen LogP contribution in [0.1, 0.15) is 17.5 Å². The summed E-state index contributed by atoms with van der Waals surface area (Å²) in [5, 5.41) is 2.36. The highest BCUT2D eigenvalue weighted by atomic mass is 32.2. The summed E-state index contributed by atoms with van der Waals surface area (Å²) >= 11 is 0. The molecule has 0 radical (unpaired) electrons. The van der Waals surface area contributed by atoms with E-state index in [-0.39, 0.29) is 17.3 Å². The second-order valence-corrected chi connectivity index (χ2v) is 6.05. The molecule has 1 aromatic carbocycles. The SMILES string of the molecule is CNC(=O)CNS(=O)(=O)c1ccc2c(c1)CCC2. The predicted molar refractivity (Wildman–Crippen MR) is 67.7 cm³/mol. The maximum Gasteiger partial charge on any atom is 0.241 e. The number of amides is 1. The number of sulfonamides is 1. The highest BCUT2D eigenvalue weighted by Gasteiger charge is 2.18. The van der Waals surface area contributed by atoms with Crippen molar-refractivity contribution in [3.8, 4) is 0 Å². The van der Waals surface area contributed by atoms with Crippen LogP contribution in [0.4, 0.5) is 0 Å². The van der Waals surface area contributed by atoms with Crippen LogP contribution in [0.3, 0.4) is 0 Å². The molecule has 0 bridgehead atoms. The predicted octanol–water partition coefficient (Wildman–Crippen LogP) is 0.200. The van der Waals surface area contributed by atoms with Crippen molar-refractivity contribution in [3.05, 3.63) is 29.3 Å². The van der Waals surface area contributed by atoms with Crippen LogP contribution in [0.15, 0.2) is 23.1 Å². The third-order valence-corrected chi connectivity index (χ3v) is 4.48. The average molecular weight is 268 g/mol. The van der Waals surface area contributed by atoms with E-state index in [0.29, 0.717) is 0 Å². The number of benzene rings is 1. The summed E-state index contributed by atoms with van der Waals surface area (Å²) in [6.07, 6.45) is 3.01. The second kappa shape index (κ2) is 5.07. The molecule has 1 aliphatic carbocycles. The van der Waals surface area contributed by atoms with Gasteiger partial charge in [-0.3, -0.25) is 4.79 Å². The van der Waals surface area contributed by atoms with Crippen molar-refractivity contribution < 1.29 is 13.2 Å². The maximum absolute atomic E-state index is 12.0. The van der Waals surface area contributed by atoms with Gasteiger partial charge in [-0.15, -0.1) is 0 Å². The molecule has 98 valence electrons. The largest absolute Gasteiger partial charge is 0.358 e. The van der Waals surface area contributed by atoms with Gasteiger partial charge < -0.3 is 5.32 Å². The molecule has 0 saturated carbocycles. The monoisotopic (exact) mass is 268 g/mol. The van der Waals surface area contributed by atoms with Gasteiger partial charge in [0.25, 0.3) is 0 Å². The topological polar surface area (TPSA) is 75.3 Å². The summed E-state index contributed by atoms with van der Waals surface area (Å²) in [5.74, 6) is -0.361. The number of rotatable bonds is 4. The first-order valence-electron chi connectivity index (χ1n) is 5.85. The van der Waals surface area contributed by atoms with Crippen LogP contribution in [0, 0.1) is 0 Å². The number of hydrogen-bond acceptors (Lipinski definition) is 3. The van der Waals surface area contributed by atoms with E-state index in [0.717, 1.165) is 24.8 Å². The number of nitrogens with one attached hydrogen (secondary N) is 2. The highest BCUT2D eigenvalue weighted by Crippen LogP contribution is 2.24. The molecule has 2 N–H and O–H groups in total. The van der Waals surface area contributed by atoms with Crippen molar-refractivity contribution in [1.82, 2.24) is 10.0 Å². The lowest BCUT2D eigenvalue weighted by atomic mass is 10.1. The van der Waals surface area contributed by atoms with Gasteiger partial charge in [0.1, 0.15) is 0 Å². The smallest absolute Gasteiger partial charge is 0.241 e. The summed E-state index contributed by atoms with van der Waals surface area (Å²) in [5.41, 5.74) is 2.32. The third-order valence-electron chi connectivity index (χ3n) is 3.08. The van der Waals surface area contributed by atoms with Gasteiger partial charge >= 0.3 is 0 Å². The molecular weight excluding hydrogens is 252 g/mol. The quantitative estimate of drug-likeness (QED) is 0.819. The van der Waals surface area contributed by atoms with Crippen LogP contribution in [0.2, 0.25) is 0 Å². The molecule has 1 aromatic rings. The number of fused-ring (bicyclic) bond motifs is 1. The Morgan fingerprint density at radius 3 is 2.72 bits per heavy atom. The fourth-order valence-electron chi connectivity index (χ4n) is 2.05. The molecule has 18 heavy (non-hydrogen) atoms. The molecule has 0 aliphatic heterocycles. The Morgan fingerprint density at radius 1 is 1.28 bits per heavy atom. The zero-order valence-electron chi connectivity index (χ0n) is 10.2. The average Bonchev–Trinajstić information content (AvgIpc) is 2.83. The van der Waals surface area contributed by atoms with Crippen molar-refractivity contribution in [3.63, 3.8) is 0 Å². The van der Waals surface area contributed by atoms with E-state index >= 15 is 0 Å². The fourth-order valence-corrected chi connectivity index (χ4v) is 3.08. The van der Waals surface area contributed by atoms with Crippen LogP contribution in [0.5, 0.6) is 0 Å². The van der Waals surface area contributed by atoms with Crippen molar-refractivity contribution in [2.45, 2.75) is 24.2 Å². The molecule has 0 saturated heterocycles. The van der Waals surface area contributed by atoms with Gasteiger partial charge in [0, 0.05) is 7.05 Å². The number of carbonyl (C=O) groups excluding carboxylic acids is 1. The Kier molecular flexibility index (Phi) is 3.68. The first kappa shape index (κ1) is 13.0. The molecule has 0 fully saturated rings. The lowest BCUT2D eigenvalue weighted by Crippen LogP contribution is -2.35. The van der Waals surface area contributed by atoms with Gasteiger partial charge in [0.05, 0.1) is 11.4 Å². The number of likely N-dealkylation sites (N-methyl/N-ethyl adjacent to an activating group) is 1. The molecule has 0 heterocycles. The Labute approximate surface area is 107 Å². The standard InChI is InChI=1S/C12H16N2O3S/c1-13-12(15)8-14-18(16,17)11-6-5-9-3-2-4-10(9)7-11/h5-7,14H,2-4,8H2,1H3,(H,13,15). The van der Waals surface area contributed by atoms with Crippen LogP contribution >= 0.6 is 0 Å². The van der Waals surface area contributed by atoms with Gasteiger partial charge in [-0.1, -0.05) is 6.07 Å². The van der Waals surface area contributed by atoms with Crippen LogP contribution in [0.25, 0.3) is 0 Å². The summed E-state index contributed by atoms with van der Waals surface area (Å²) in [6.45, 7) is -0.240. The molecule has 0 spiro atoms. The van der Waals surface area contributed by atoms with E-state index in [1.165, 1.54) is 12.6 Å². The summed E-state index contributed by atoms with van der Waals surface area (Å²) < 4.78 is 26.2. The molecule has 0 atom stereocenters. The van der Waals surface area contributed by atoms with Crippen molar-refractivity contribution in [2.75, 3.05) is 13.6 Å². The van der Waals surface area contributed by atoms with Crippen molar-refractivity contribution in [1.29, 1.82) is 0 Å². The van der Waals surface area contributed by atoms with E-state index in [4.69, 9.17) is 0 Å². The normalized spacial score (nSPS) is 14.3. The summed E-state index contributed by atoms with van der Waals surface area (Å²) in [4.78, 5) is 11.3. The van der Waals surface area contributed by atoms with Gasteiger partial charge in [-0.05, 0) is 42.5 Å². The van der Waals surface area contributed by atoms with Gasteiger partial charge in [0.15, 0.2) is 0 Å². The highest BCUT2D eigenvalue weighted by molar-refractivity contribution is 7.89. The lowest BCUT2D eigenvalue weighted by Gasteiger charge is -2.07. The molecule has 6 heteroatoms. The van der Waals surface area contributed by atoms with E-state index in [9.17, 15) is 13.2 Å². The summed E-state index contributed by atoms with van der Waals surface area (Å²) in [7, 11) is -2.13. The molecular formula is C12H16N2O3S. The number of hydrogen-bond donors (Lipinski definition) is 2. The second-order valence-electron chi connectivity index (χ2n) is 4.28. The molecule has 2 rings (SSSR count). The van der Waals surface area contributed by atoms with E-state index in [1.807, 2.05) is 6.07 Å². The molecule has 5 nitrogen and oxygen atoms in total. The molecule has 0 aromatic heterocycles. The molecule has 1 amide bonds. The van der Waals surface area contributed by atoms with Gasteiger partial charge in [-0.2, -0.15) is 0 Å².